The number of amides is 1. The van der Waals surface area contributed by atoms with Crippen LogP contribution in [0.5, 0.6) is 0 Å². The number of carbonyl (C=O) groups is 2. The second-order valence-corrected chi connectivity index (χ2v) is 7.27. The predicted molar refractivity (Wildman–Crippen MR) is 108 cm³/mol. The third-order valence-electron chi connectivity index (χ3n) is 5.44. The Morgan fingerprint density at radius 3 is 2.41 bits per heavy atom. The van der Waals surface area contributed by atoms with Gasteiger partial charge in [0.2, 0.25) is 5.91 Å². The maximum Gasteiger partial charge on any atom is 0.277 e. The van der Waals surface area contributed by atoms with Gasteiger partial charge in [-0.1, -0.05) is 47.7 Å². The molecule has 1 aromatic heterocycles. The van der Waals surface area contributed by atoms with Crippen molar-refractivity contribution >= 4 is 22.6 Å². The van der Waals surface area contributed by atoms with Crippen molar-refractivity contribution in [1.29, 1.82) is 0 Å². The fourth-order valence-electron chi connectivity index (χ4n) is 3.76. The molecule has 0 atom stereocenters. The minimum Gasteiger partial charge on any atom is -0.343 e. The summed E-state index contributed by atoms with van der Waals surface area (Å²) in [6.07, 6.45) is 1.51. The van der Waals surface area contributed by atoms with E-state index < -0.39 is 0 Å². The highest BCUT2D eigenvalue weighted by Crippen LogP contribution is 2.22. The fraction of sp³-hybridized carbons (Fsp3) is 0.318. The van der Waals surface area contributed by atoms with Gasteiger partial charge in [0, 0.05) is 31.0 Å². The largest absolute Gasteiger partial charge is 0.343 e. The van der Waals surface area contributed by atoms with Gasteiger partial charge >= 0.3 is 0 Å². The summed E-state index contributed by atoms with van der Waals surface area (Å²) >= 11 is 0. The van der Waals surface area contributed by atoms with Gasteiger partial charge in [-0.05, 0) is 25.0 Å². The van der Waals surface area contributed by atoms with Gasteiger partial charge in [0.25, 0.3) is 5.56 Å². The van der Waals surface area contributed by atoms with Crippen molar-refractivity contribution in [1.82, 2.24) is 19.9 Å². The summed E-state index contributed by atoms with van der Waals surface area (Å²) in [5.74, 6) is 0.0728. The fourth-order valence-corrected chi connectivity index (χ4v) is 3.76. The summed E-state index contributed by atoms with van der Waals surface area (Å²) in [6, 6.07) is 16.3. The molecule has 1 saturated heterocycles. The highest BCUT2D eigenvalue weighted by molar-refractivity contribution is 5.98. The van der Waals surface area contributed by atoms with Crippen LogP contribution in [0.3, 0.4) is 0 Å². The average Bonchev–Trinajstić information content (AvgIpc) is 2.79. The molecule has 0 aliphatic carbocycles. The molecular formula is C22H22N4O3. The number of benzene rings is 2. The summed E-state index contributed by atoms with van der Waals surface area (Å²) in [5.41, 5.74) is 1.03. The standard InChI is InChI=1S/C22H22N4O3/c27-20(12-15-26-22(29)18-8-4-5-9-19(18)23-24-26)25-13-10-17(11-14-25)21(28)16-6-2-1-3-7-16/h1-9,17H,10-15H2. The average molecular weight is 390 g/mol. The number of aryl methyl sites for hydroxylation is 1. The first kappa shape index (κ1) is 19.0. The smallest absolute Gasteiger partial charge is 0.277 e. The number of ketones is 1. The van der Waals surface area contributed by atoms with Crippen LogP contribution in [0.2, 0.25) is 0 Å². The number of carbonyl (C=O) groups excluding carboxylic acids is 2. The van der Waals surface area contributed by atoms with E-state index in [1.807, 2.05) is 30.3 Å². The number of likely N-dealkylation sites (tertiary alicyclic amines) is 1. The number of nitrogens with zero attached hydrogens (tertiary/aromatic N) is 4. The topological polar surface area (TPSA) is 85.2 Å². The van der Waals surface area contributed by atoms with Gasteiger partial charge in [-0.2, -0.15) is 0 Å². The highest BCUT2D eigenvalue weighted by Gasteiger charge is 2.27. The molecule has 7 nitrogen and oxygen atoms in total. The maximum atomic E-state index is 12.6. The van der Waals surface area contributed by atoms with E-state index in [2.05, 4.69) is 10.3 Å². The van der Waals surface area contributed by atoms with Crippen LogP contribution in [0.15, 0.2) is 59.4 Å². The molecular weight excluding hydrogens is 368 g/mol. The van der Waals surface area contributed by atoms with Crippen LogP contribution in [0, 0.1) is 5.92 Å². The van der Waals surface area contributed by atoms with Crippen molar-refractivity contribution in [2.45, 2.75) is 25.8 Å². The molecule has 0 N–H and O–H groups in total. The van der Waals surface area contributed by atoms with E-state index in [-0.39, 0.29) is 36.1 Å². The Balaban J connectivity index is 1.33. The molecule has 0 unspecified atom stereocenters. The number of hydrogen-bond acceptors (Lipinski definition) is 5. The van der Waals surface area contributed by atoms with Crippen LogP contribution < -0.4 is 5.56 Å². The van der Waals surface area contributed by atoms with Gasteiger partial charge in [0.15, 0.2) is 5.78 Å². The van der Waals surface area contributed by atoms with Crippen molar-refractivity contribution in [3.63, 3.8) is 0 Å². The SMILES string of the molecule is O=C(c1ccccc1)C1CCN(C(=O)CCn2nnc3ccccc3c2=O)CC1. The molecule has 0 spiro atoms. The zero-order valence-electron chi connectivity index (χ0n) is 16.0. The Hall–Kier alpha value is -3.35. The second-order valence-electron chi connectivity index (χ2n) is 7.27. The van der Waals surface area contributed by atoms with Gasteiger partial charge in [-0.3, -0.25) is 14.4 Å². The zero-order chi connectivity index (χ0) is 20.2. The molecule has 0 saturated carbocycles. The molecule has 3 aromatic rings. The Bertz CT molecular complexity index is 1090. The summed E-state index contributed by atoms with van der Waals surface area (Å²) < 4.78 is 1.24. The molecule has 2 aromatic carbocycles. The van der Waals surface area contributed by atoms with Crippen LogP contribution in [0.4, 0.5) is 0 Å². The van der Waals surface area contributed by atoms with E-state index in [0.29, 0.717) is 36.8 Å². The Morgan fingerprint density at radius 2 is 1.66 bits per heavy atom. The first-order valence-electron chi connectivity index (χ1n) is 9.83. The maximum absolute atomic E-state index is 12.6. The molecule has 1 aliphatic rings. The first-order valence-corrected chi connectivity index (χ1v) is 9.83. The third-order valence-corrected chi connectivity index (χ3v) is 5.44. The van der Waals surface area contributed by atoms with E-state index >= 15 is 0 Å². The third kappa shape index (κ3) is 4.08. The summed E-state index contributed by atoms with van der Waals surface area (Å²) in [6.45, 7) is 1.30. The first-order chi connectivity index (χ1) is 14.1. The molecule has 4 rings (SSSR count). The molecule has 29 heavy (non-hydrogen) atoms. The number of piperidine rings is 1. The van der Waals surface area contributed by atoms with Crippen molar-refractivity contribution in [3.05, 3.63) is 70.5 Å². The minimum absolute atomic E-state index is 0.0301. The summed E-state index contributed by atoms with van der Waals surface area (Å²) in [4.78, 5) is 39.4. The van der Waals surface area contributed by atoms with Crippen LogP contribution in [-0.4, -0.2) is 44.7 Å². The lowest BCUT2D eigenvalue weighted by Gasteiger charge is -2.31. The Morgan fingerprint density at radius 1 is 0.966 bits per heavy atom. The van der Waals surface area contributed by atoms with Crippen molar-refractivity contribution in [2.75, 3.05) is 13.1 Å². The number of aromatic nitrogens is 3. The number of rotatable bonds is 5. The monoisotopic (exact) mass is 390 g/mol. The van der Waals surface area contributed by atoms with Crippen molar-refractivity contribution in [3.8, 4) is 0 Å². The molecule has 148 valence electrons. The number of fused-ring (bicyclic) bond motifs is 1. The van der Waals surface area contributed by atoms with E-state index in [1.165, 1.54) is 4.68 Å². The molecule has 7 heteroatoms. The van der Waals surface area contributed by atoms with Crippen LogP contribution >= 0.6 is 0 Å². The van der Waals surface area contributed by atoms with Crippen LogP contribution in [0.1, 0.15) is 29.6 Å². The molecule has 0 bridgehead atoms. The molecule has 0 radical (unpaired) electrons. The van der Waals surface area contributed by atoms with E-state index in [0.717, 1.165) is 5.56 Å². The van der Waals surface area contributed by atoms with Crippen LogP contribution in [-0.2, 0) is 11.3 Å². The van der Waals surface area contributed by atoms with Gasteiger partial charge in [-0.15, -0.1) is 5.10 Å². The zero-order valence-corrected chi connectivity index (χ0v) is 16.0. The molecule has 2 heterocycles. The lowest BCUT2D eigenvalue weighted by molar-refractivity contribution is -0.132. The Labute approximate surface area is 167 Å². The van der Waals surface area contributed by atoms with E-state index in [4.69, 9.17) is 0 Å². The molecule has 1 fully saturated rings. The van der Waals surface area contributed by atoms with E-state index in [1.54, 1.807) is 29.2 Å². The number of Topliss-reactive ketones (excluding diaryl/α,β-unsaturated/α-hetero) is 1. The van der Waals surface area contributed by atoms with Crippen LogP contribution in [0.25, 0.3) is 10.9 Å². The highest BCUT2D eigenvalue weighted by atomic mass is 16.2. The van der Waals surface area contributed by atoms with Gasteiger partial charge < -0.3 is 4.90 Å². The molecule has 1 aliphatic heterocycles. The lowest BCUT2D eigenvalue weighted by atomic mass is 9.89. The normalized spacial score (nSPS) is 14.8. The van der Waals surface area contributed by atoms with Gasteiger partial charge in [0.1, 0.15) is 5.52 Å². The van der Waals surface area contributed by atoms with Crippen molar-refractivity contribution in [2.24, 2.45) is 5.92 Å². The lowest BCUT2D eigenvalue weighted by Crippen LogP contribution is -2.41. The summed E-state index contributed by atoms with van der Waals surface area (Å²) in [5, 5.41) is 8.47. The second kappa shape index (κ2) is 8.34. The van der Waals surface area contributed by atoms with Gasteiger partial charge in [-0.25, -0.2) is 4.68 Å². The van der Waals surface area contributed by atoms with Gasteiger partial charge in [0.05, 0.1) is 11.9 Å². The minimum atomic E-state index is -0.240. The Kier molecular flexibility index (Phi) is 5.46. The predicted octanol–water partition coefficient (Wildman–Crippen LogP) is 2.30. The summed E-state index contributed by atoms with van der Waals surface area (Å²) in [7, 11) is 0. The van der Waals surface area contributed by atoms with Crippen molar-refractivity contribution < 1.29 is 9.59 Å². The quantitative estimate of drug-likeness (QED) is 0.624. The number of hydrogen-bond donors (Lipinski definition) is 0. The van der Waals surface area contributed by atoms with E-state index in [9.17, 15) is 14.4 Å². The molecule has 1 amide bonds.